The smallest absolute Gasteiger partial charge is 0.185 e. The summed E-state index contributed by atoms with van der Waals surface area (Å²) in [5.74, 6) is 0. The molecule has 1 aromatic carbocycles. The van der Waals surface area contributed by atoms with E-state index in [1.807, 2.05) is 6.07 Å². The predicted molar refractivity (Wildman–Crippen MR) is 78.2 cm³/mol. The van der Waals surface area contributed by atoms with Crippen LogP contribution in [0.1, 0.15) is 62.0 Å². The van der Waals surface area contributed by atoms with Crippen molar-refractivity contribution in [2.75, 3.05) is 6.61 Å². The Labute approximate surface area is 125 Å². The molecule has 1 fully saturated rings. The highest BCUT2D eigenvalue weighted by molar-refractivity contribution is 5.50. The van der Waals surface area contributed by atoms with Crippen LogP contribution in [0.15, 0.2) is 18.2 Å². The van der Waals surface area contributed by atoms with Gasteiger partial charge in [-0.25, -0.2) is 0 Å². The third-order valence-corrected chi connectivity index (χ3v) is 3.74. The first kappa shape index (κ1) is 15.5. The molecular weight excluding hydrogens is 264 g/mol. The minimum Gasteiger partial charge on any atom is -0.348 e. The summed E-state index contributed by atoms with van der Waals surface area (Å²) in [5, 5.41) is 18.4. The van der Waals surface area contributed by atoms with Crippen molar-refractivity contribution in [1.29, 1.82) is 10.5 Å². The van der Waals surface area contributed by atoms with Gasteiger partial charge in [0.2, 0.25) is 0 Å². The Bertz CT molecular complexity index is 557. The maximum absolute atomic E-state index is 9.29. The Morgan fingerprint density at radius 2 is 2.10 bits per heavy atom. The van der Waals surface area contributed by atoms with Crippen LogP contribution in [0.3, 0.4) is 0 Å². The van der Waals surface area contributed by atoms with Gasteiger partial charge in [-0.3, -0.25) is 0 Å². The second-order valence-electron chi connectivity index (χ2n) is 5.24. The molecule has 110 valence electrons. The van der Waals surface area contributed by atoms with Crippen molar-refractivity contribution in [1.82, 2.24) is 0 Å². The second-order valence-corrected chi connectivity index (χ2v) is 5.24. The van der Waals surface area contributed by atoms with Crippen LogP contribution in [-0.2, 0) is 9.47 Å². The zero-order valence-electron chi connectivity index (χ0n) is 12.3. The molecule has 4 heteroatoms. The molecule has 1 saturated heterocycles. The first-order valence-electron chi connectivity index (χ1n) is 7.50. The van der Waals surface area contributed by atoms with E-state index >= 15 is 0 Å². The molecule has 4 nitrogen and oxygen atoms in total. The fourth-order valence-electron chi connectivity index (χ4n) is 2.57. The molecule has 1 aliphatic rings. The van der Waals surface area contributed by atoms with E-state index in [1.165, 1.54) is 12.8 Å². The van der Waals surface area contributed by atoms with E-state index in [0.29, 0.717) is 23.3 Å². The lowest BCUT2D eigenvalue weighted by molar-refractivity contribution is -0.218. The van der Waals surface area contributed by atoms with E-state index in [9.17, 15) is 5.26 Å². The highest BCUT2D eigenvalue weighted by atomic mass is 16.7. The van der Waals surface area contributed by atoms with Crippen molar-refractivity contribution in [3.63, 3.8) is 0 Å². The van der Waals surface area contributed by atoms with E-state index in [1.54, 1.807) is 18.2 Å². The lowest BCUT2D eigenvalue weighted by Crippen LogP contribution is -2.27. The van der Waals surface area contributed by atoms with Crippen molar-refractivity contribution in [2.24, 2.45) is 0 Å². The number of unbranched alkanes of at least 4 members (excludes halogenated alkanes) is 2. The van der Waals surface area contributed by atoms with Gasteiger partial charge in [0.1, 0.15) is 12.1 Å². The zero-order valence-corrected chi connectivity index (χ0v) is 12.3. The summed E-state index contributed by atoms with van der Waals surface area (Å²) in [6.45, 7) is 2.81. The summed E-state index contributed by atoms with van der Waals surface area (Å²) < 4.78 is 11.6. The number of nitriles is 2. The number of benzene rings is 1. The van der Waals surface area contributed by atoms with Crippen LogP contribution in [0, 0.1) is 22.7 Å². The van der Waals surface area contributed by atoms with Gasteiger partial charge in [-0.05, 0) is 18.9 Å². The normalized spacial score (nSPS) is 21.5. The van der Waals surface area contributed by atoms with E-state index in [2.05, 4.69) is 13.0 Å². The first-order valence-corrected chi connectivity index (χ1v) is 7.50. The van der Waals surface area contributed by atoms with Gasteiger partial charge in [0.15, 0.2) is 6.29 Å². The molecule has 0 aromatic heterocycles. The van der Waals surface area contributed by atoms with Crippen molar-refractivity contribution >= 4 is 0 Å². The number of rotatable bonds is 5. The fraction of sp³-hybridized carbons (Fsp3) is 0.529. The first-order chi connectivity index (χ1) is 10.3. The van der Waals surface area contributed by atoms with Crippen molar-refractivity contribution in [2.45, 2.75) is 51.4 Å². The van der Waals surface area contributed by atoms with E-state index < -0.39 is 6.29 Å². The second kappa shape index (κ2) is 7.78. The highest BCUT2D eigenvalue weighted by Crippen LogP contribution is 2.31. The van der Waals surface area contributed by atoms with Crippen LogP contribution in [-0.4, -0.2) is 12.7 Å². The Morgan fingerprint density at radius 3 is 2.81 bits per heavy atom. The molecule has 2 atom stereocenters. The van der Waals surface area contributed by atoms with E-state index in [-0.39, 0.29) is 6.10 Å². The molecule has 0 aliphatic carbocycles. The van der Waals surface area contributed by atoms with Gasteiger partial charge >= 0.3 is 0 Å². The number of ether oxygens (including phenoxy) is 2. The number of hydrogen-bond donors (Lipinski definition) is 0. The molecule has 0 amide bonds. The summed E-state index contributed by atoms with van der Waals surface area (Å²) in [6.07, 6.45) is 5.10. The molecule has 2 rings (SSSR count). The molecular formula is C17H20N2O2. The predicted octanol–water partition coefficient (Wildman–Crippen LogP) is 3.81. The molecule has 2 unspecified atom stereocenters. The third kappa shape index (κ3) is 3.82. The number of hydrogen-bond acceptors (Lipinski definition) is 4. The zero-order chi connectivity index (χ0) is 15.1. The van der Waals surface area contributed by atoms with E-state index in [4.69, 9.17) is 14.7 Å². The van der Waals surface area contributed by atoms with Gasteiger partial charge in [-0.1, -0.05) is 38.3 Å². The summed E-state index contributed by atoms with van der Waals surface area (Å²) in [5.41, 5.74) is 1.39. The van der Waals surface area contributed by atoms with Crippen LogP contribution >= 0.6 is 0 Å². The van der Waals surface area contributed by atoms with E-state index in [0.717, 1.165) is 19.3 Å². The maximum atomic E-state index is 9.29. The summed E-state index contributed by atoms with van der Waals surface area (Å²) in [6, 6.07) is 9.36. The van der Waals surface area contributed by atoms with Crippen LogP contribution in [0.25, 0.3) is 0 Å². The standard InChI is InChI=1S/C17H20N2O2/c1-2-3-4-7-14-9-10-20-17(21-14)15-8-5-6-13(11-18)16(15)12-19/h5-6,8,14,17H,2-4,7,9-10H2,1H3. The SMILES string of the molecule is CCCCCC1CCOC(c2cccc(C#N)c2C#N)O1. The molecule has 0 radical (unpaired) electrons. The summed E-state index contributed by atoms with van der Waals surface area (Å²) in [7, 11) is 0. The van der Waals surface area contributed by atoms with Crippen LogP contribution in [0.2, 0.25) is 0 Å². The lowest BCUT2D eigenvalue weighted by Gasteiger charge is -2.31. The van der Waals surface area contributed by atoms with Gasteiger partial charge in [0, 0.05) is 5.56 Å². The largest absolute Gasteiger partial charge is 0.348 e. The lowest BCUT2D eigenvalue weighted by atomic mass is 10.0. The molecule has 1 heterocycles. The van der Waals surface area contributed by atoms with Crippen molar-refractivity contribution < 1.29 is 9.47 Å². The van der Waals surface area contributed by atoms with Crippen LogP contribution in [0.4, 0.5) is 0 Å². The Hall–Kier alpha value is -1.88. The number of nitrogens with zero attached hydrogens (tertiary/aromatic N) is 2. The fourth-order valence-corrected chi connectivity index (χ4v) is 2.57. The molecule has 0 bridgehead atoms. The van der Waals surface area contributed by atoms with Gasteiger partial charge in [-0.15, -0.1) is 0 Å². The third-order valence-electron chi connectivity index (χ3n) is 3.74. The topological polar surface area (TPSA) is 66.0 Å². The van der Waals surface area contributed by atoms with Crippen LogP contribution < -0.4 is 0 Å². The Balaban J connectivity index is 2.11. The Morgan fingerprint density at radius 1 is 1.24 bits per heavy atom. The molecule has 0 N–H and O–H groups in total. The quantitative estimate of drug-likeness (QED) is 0.771. The summed E-state index contributed by atoms with van der Waals surface area (Å²) in [4.78, 5) is 0. The highest BCUT2D eigenvalue weighted by Gasteiger charge is 2.26. The molecule has 1 aromatic rings. The molecule has 1 aliphatic heterocycles. The van der Waals surface area contributed by atoms with Crippen molar-refractivity contribution in [3.05, 3.63) is 34.9 Å². The van der Waals surface area contributed by atoms with Gasteiger partial charge in [-0.2, -0.15) is 10.5 Å². The summed E-state index contributed by atoms with van der Waals surface area (Å²) >= 11 is 0. The van der Waals surface area contributed by atoms with Gasteiger partial charge in [0.25, 0.3) is 0 Å². The maximum Gasteiger partial charge on any atom is 0.185 e. The monoisotopic (exact) mass is 284 g/mol. The van der Waals surface area contributed by atoms with Gasteiger partial charge in [0.05, 0.1) is 23.8 Å². The molecule has 0 spiro atoms. The van der Waals surface area contributed by atoms with Crippen LogP contribution in [0.5, 0.6) is 0 Å². The average Bonchev–Trinajstić information content (AvgIpc) is 2.54. The average molecular weight is 284 g/mol. The minimum atomic E-state index is -0.534. The van der Waals surface area contributed by atoms with Gasteiger partial charge < -0.3 is 9.47 Å². The minimum absolute atomic E-state index is 0.174. The van der Waals surface area contributed by atoms with Crippen molar-refractivity contribution in [3.8, 4) is 12.1 Å². The molecule has 21 heavy (non-hydrogen) atoms. The molecule has 0 saturated carbocycles. The Kier molecular flexibility index (Phi) is 5.75.